The van der Waals surface area contributed by atoms with Crippen molar-refractivity contribution in [2.45, 2.75) is 27.2 Å². The van der Waals surface area contributed by atoms with Crippen molar-refractivity contribution in [1.29, 1.82) is 0 Å². The maximum Gasteiger partial charge on any atom is 0.293 e. The average molecular weight is 247 g/mol. The standard InChI is InChI=1S/C11H19ClN2O2/c1-6(2)7(3)5-8(12)9(13)10(15)11(16)14-4/h6-7H,5,13H2,1-4H3,(H,14,16)/b9-8+. The lowest BCUT2D eigenvalue weighted by Crippen LogP contribution is -2.32. The molecule has 0 aliphatic carbocycles. The van der Waals surface area contributed by atoms with Crippen molar-refractivity contribution in [1.82, 2.24) is 5.32 Å². The van der Waals surface area contributed by atoms with E-state index in [0.29, 0.717) is 18.3 Å². The van der Waals surface area contributed by atoms with Gasteiger partial charge in [0.2, 0.25) is 0 Å². The summed E-state index contributed by atoms with van der Waals surface area (Å²) in [7, 11) is 1.37. The zero-order valence-electron chi connectivity index (χ0n) is 10.1. The van der Waals surface area contributed by atoms with E-state index in [1.54, 1.807) is 0 Å². The molecule has 0 spiro atoms. The van der Waals surface area contributed by atoms with Crippen LogP contribution in [0.4, 0.5) is 0 Å². The first-order chi connectivity index (χ1) is 7.31. The van der Waals surface area contributed by atoms with Crippen LogP contribution in [0.2, 0.25) is 0 Å². The van der Waals surface area contributed by atoms with E-state index in [1.165, 1.54) is 7.05 Å². The number of ketones is 1. The van der Waals surface area contributed by atoms with Crippen LogP contribution < -0.4 is 11.1 Å². The molecule has 0 aromatic rings. The van der Waals surface area contributed by atoms with Crippen LogP contribution in [-0.4, -0.2) is 18.7 Å². The van der Waals surface area contributed by atoms with E-state index >= 15 is 0 Å². The molecule has 0 saturated carbocycles. The number of nitrogens with one attached hydrogen (secondary N) is 1. The monoisotopic (exact) mass is 246 g/mol. The van der Waals surface area contributed by atoms with Gasteiger partial charge in [-0.15, -0.1) is 0 Å². The van der Waals surface area contributed by atoms with E-state index < -0.39 is 11.7 Å². The Labute approximate surface area is 101 Å². The number of allylic oxidation sites excluding steroid dienone is 1. The highest BCUT2D eigenvalue weighted by Crippen LogP contribution is 2.23. The minimum atomic E-state index is -0.775. The molecule has 1 atom stereocenters. The van der Waals surface area contributed by atoms with E-state index in [-0.39, 0.29) is 10.7 Å². The molecule has 1 amide bonds. The molecule has 5 heteroatoms. The van der Waals surface area contributed by atoms with Crippen LogP contribution in [0.25, 0.3) is 0 Å². The molecular weight excluding hydrogens is 228 g/mol. The smallest absolute Gasteiger partial charge is 0.293 e. The SMILES string of the molecule is CNC(=O)C(=O)/C(N)=C(\Cl)CC(C)C(C)C. The fraction of sp³-hybridized carbons (Fsp3) is 0.636. The molecule has 0 aromatic carbocycles. The maximum absolute atomic E-state index is 11.4. The number of likely N-dealkylation sites (N-methyl/N-ethyl adjacent to an activating group) is 1. The number of rotatable bonds is 5. The Morgan fingerprint density at radius 3 is 2.19 bits per heavy atom. The number of nitrogens with two attached hydrogens (primary N) is 1. The van der Waals surface area contributed by atoms with Crippen LogP contribution in [0.1, 0.15) is 27.2 Å². The molecule has 0 aliphatic rings. The lowest BCUT2D eigenvalue weighted by atomic mass is 9.94. The molecule has 0 aliphatic heterocycles. The van der Waals surface area contributed by atoms with Gasteiger partial charge in [-0.25, -0.2) is 0 Å². The second-order valence-corrected chi connectivity index (χ2v) is 4.61. The van der Waals surface area contributed by atoms with Gasteiger partial charge in [0.15, 0.2) is 0 Å². The molecule has 0 bridgehead atoms. The molecular formula is C11H19ClN2O2. The van der Waals surface area contributed by atoms with Crippen LogP contribution in [0.5, 0.6) is 0 Å². The van der Waals surface area contributed by atoms with Gasteiger partial charge in [-0.1, -0.05) is 32.4 Å². The fourth-order valence-corrected chi connectivity index (χ4v) is 1.32. The Morgan fingerprint density at radius 2 is 1.81 bits per heavy atom. The summed E-state index contributed by atoms with van der Waals surface area (Å²) in [6, 6.07) is 0. The highest BCUT2D eigenvalue weighted by molar-refractivity contribution is 6.45. The number of halogens is 1. The van der Waals surface area contributed by atoms with Crippen molar-refractivity contribution in [2.24, 2.45) is 17.6 Å². The summed E-state index contributed by atoms with van der Waals surface area (Å²) in [6.45, 7) is 6.14. The van der Waals surface area contributed by atoms with Crippen LogP contribution >= 0.6 is 11.6 Å². The summed E-state index contributed by atoms with van der Waals surface area (Å²) in [4.78, 5) is 22.4. The Balaban J connectivity index is 4.70. The number of Topliss-reactive ketones (excluding diaryl/α,β-unsaturated/α-hetero) is 1. The quantitative estimate of drug-likeness (QED) is 0.569. The predicted octanol–water partition coefficient (Wildman–Crippen LogP) is 1.39. The second kappa shape index (κ2) is 6.53. The van der Waals surface area contributed by atoms with Gasteiger partial charge in [-0.2, -0.15) is 0 Å². The number of carbonyl (C=O) groups is 2. The molecule has 1 unspecified atom stereocenters. The summed E-state index contributed by atoms with van der Waals surface area (Å²) in [5, 5.41) is 2.47. The predicted molar refractivity (Wildman–Crippen MR) is 64.8 cm³/mol. The third-order valence-electron chi connectivity index (χ3n) is 2.61. The number of hydrogen-bond donors (Lipinski definition) is 2. The molecule has 3 N–H and O–H groups in total. The maximum atomic E-state index is 11.4. The van der Waals surface area contributed by atoms with Gasteiger partial charge in [0.1, 0.15) is 5.70 Å². The van der Waals surface area contributed by atoms with Crippen molar-refractivity contribution < 1.29 is 9.59 Å². The van der Waals surface area contributed by atoms with Crippen molar-refractivity contribution >= 4 is 23.3 Å². The first kappa shape index (κ1) is 15.0. The van der Waals surface area contributed by atoms with E-state index in [1.807, 2.05) is 6.92 Å². The number of carbonyl (C=O) groups excluding carboxylic acids is 2. The minimum absolute atomic E-state index is 0.159. The van der Waals surface area contributed by atoms with Gasteiger partial charge in [0, 0.05) is 12.1 Å². The largest absolute Gasteiger partial charge is 0.394 e. The summed E-state index contributed by atoms with van der Waals surface area (Å²) >= 11 is 5.92. The van der Waals surface area contributed by atoms with Crippen LogP contribution in [-0.2, 0) is 9.59 Å². The Kier molecular flexibility index (Phi) is 6.11. The van der Waals surface area contributed by atoms with E-state index in [4.69, 9.17) is 17.3 Å². The molecule has 16 heavy (non-hydrogen) atoms. The first-order valence-electron chi connectivity index (χ1n) is 5.21. The van der Waals surface area contributed by atoms with E-state index in [0.717, 1.165) is 0 Å². The molecule has 0 heterocycles. The summed E-state index contributed by atoms with van der Waals surface area (Å²) < 4.78 is 0. The van der Waals surface area contributed by atoms with Crippen LogP contribution in [0, 0.1) is 11.8 Å². The zero-order chi connectivity index (χ0) is 12.9. The molecule has 92 valence electrons. The van der Waals surface area contributed by atoms with Gasteiger partial charge in [-0.05, 0) is 18.3 Å². The van der Waals surface area contributed by atoms with Crippen molar-refractivity contribution in [3.63, 3.8) is 0 Å². The van der Waals surface area contributed by atoms with Gasteiger partial charge >= 0.3 is 0 Å². The summed E-state index contributed by atoms with van der Waals surface area (Å²) in [6.07, 6.45) is 0.508. The van der Waals surface area contributed by atoms with Gasteiger partial charge in [0.25, 0.3) is 11.7 Å². The lowest BCUT2D eigenvalue weighted by molar-refractivity contribution is -0.135. The van der Waals surface area contributed by atoms with E-state index in [2.05, 4.69) is 19.2 Å². The van der Waals surface area contributed by atoms with Gasteiger partial charge in [-0.3, -0.25) is 9.59 Å². The Hall–Kier alpha value is -1.03. The highest BCUT2D eigenvalue weighted by atomic mass is 35.5. The van der Waals surface area contributed by atoms with Crippen LogP contribution in [0.3, 0.4) is 0 Å². The molecule has 0 radical (unpaired) electrons. The van der Waals surface area contributed by atoms with Gasteiger partial charge < -0.3 is 11.1 Å². The number of amides is 1. The molecule has 0 rings (SSSR count). The second-order valence-electron chi connectivity index (χ2n) is 4.15. The van der Waals surface area contributed by atoms with Gasteiger partial charge in [0.05, 0.1) is 0 Å². The minimum Gasteiger partial charge on any atom is -0.394 e. The van der Waals surface area contributed by atoms with Crippen molar-refractivity contribution in [3.8, 4) is 0 Å². The first-order valence-corrected chi connectivity index (χ1v) is 5.59. The zero-order valence-corrected chi connectivity index (χ0v) is 10.9. The van der Waals surface area contributed by atoms with Crippen molar-refractivity contribution in [3.05, 3.63) is 10.7 Å². The molecule has 4 nitrogen and oxygen atoms in total. The average Bonchev–Trinajstić information content (AvgIpc) is 2.25. The number of hydrogen-bond acceptors (Lipinski definition) is 3. The van der Waals surface area contributed by atoms with Crippen molar-refractivity contribution in [2.75, 3.05) is 7.05 Å². The third kappa shape index (κ3) is 4.23. The normalized spacial score (nSPS) is 14.4. The molecule has 0 fully saturated rings. The van der Waals surface area contributed by atoms with E-state index in [9.17, 15) is 9.59 Å². The third-order valence-corrected chi connectivity index (χ3v) is 2.97. The van der Waals surface area contributed by atoms with Crippen LogP contribution in [0.15, 0.2) is 10.7 Å². The molecule has 0 saturated heterocycles. The fourth-order valence-electron chi connectivity index (χ4n) is 0.987. The Morgan fingerprint density at radius 1 is 1.31 bits per heavy atom. The summed E-state index contributed by atoms with van der Waals surface area (Å²) in [5.74, 6) is -0.767. The highest BCUT2D eigenvalue weighted by Gasteiger charge is 2.19. The Bertz CT molecular complexity index is 311. The lowest BCUT2D eigenvalue weighted by Gasteiger charge is -2.15. The molecule has 0 aromatic heterocycles. The topological polar surface area (TPSA) is 72.2 Å². The summed E-state index contributed by atoms with van der Waals surface area (Å²) in [5.41, 5.74) is 5.36.